The van der Waals surface area contributed by atoms with Crippen LogP contribution in [0.2, 0.25) is 5.02 Å². The summed E-state index contributed by atoms with van der Waals surface area (Å²) in [7, 11) is 0. The molecule has 0 aliphatic heterocycles. The molecule has 1 aliphatic rings. The molecule has 108 valence electrons. The van der Waals surface area contributed by atoms with E-state index in [4.69, 9.17) is 11.6 Å². The lowest BCUT2D eigenvalue weighted by atomic mass is 10.1. The molecule has 3 rings (SSSR count). The van der Waals surface area contributed by atoms with Gasteiger partial charge in [0.05, 0.1) is 27.8 Å². The number of hydrogen-bond acceptors (Lipinski definition) is 4. The van der Waals surface area contributed by atoms with Crippen LogP contribution in [-0.4, -0.2) is 16.1 Å². The van der Waals surface area contributed by atoms with Crippen molar-refractivity contribution in [2.75, 3.05) is 5.32 Å². The molecule has 2 aromatic rings. The van der Waals surface area contributed by atoms with Crippen molar-refractivity contribution >= 4 is 23.0 Å². The lowest BCUT2D eigenvalue weighted by Crippen LogP contribution is -2.21. The van der Waals surface area contributed by atoms with Crippen molar-refractivity contribution in [3.05, 3.63) is 68.7 Å². The molecule has 0 amide bonds. The highest BCUT2D eigenvalue weighted by molar-refractivity contribution is 6.33. The van der Waals surface area contributed by atoms with Gasteiger partial charge in [0.1, 0.15) is 0 Å². The first kappa shape index (κ1) is 13.9. The molecule has 0 fully saturated rings. The molecule has 2 aromatic carbocycles. The highest BCUT2D eigenvalue weighted by Crippen LogP contribution is 2.36. The van der Waals surface area contributed by atoms with Crippen LogP contribution in [-0.2, 0) is 6.42 Å². The Morgan fingerprint density at radius 1 is 1.29 bits per heavy atom. The molecule has 0 bridgehead atoms. The third-order valence-corrected chi connectivity index (χ3v) is 3.99. The monoisotopic (exact) mass is 304 g/mol. The standard InChI is InChI=1S/C15H13ClN2O3/c16-12-8-10(18(20)21)5-6-13(12)17-15-11-4-2-1-3-9(11)7-14(15)19/h1-6,8,14-15,17,19H,7H2/t14-,15+/m1/s1. The second-order valence-electron chi connectivity index (χ2n) is 5.01. The average Bonchev–Trinajstić information content (AvgIpc) is 2.77. The van der Waals surface area contributed by atoms with Gasteiger partial charge >= 0.3 is 0 Å². The molecule has 0 radical (unpaired) electrons. The van der Waals surface area contributed by atoms with E-state index in [0.717, 1.165) is 11.1 Å². The van der Waals surface area contributed by atoms with Crippen molar-refractivity contribution in [3.8, 4) is 0 Å². The number of nitrogens with one attached hydrogen (secondary N) is 1. The minimum atomic E-state index is -0.548. The van der Waals surface area contributed by atoms with Gasteiger partial charge in [0.15, 0.2) is 0 Å². The van der Waals surface area contributed by atoms with Crippen molar-refractivity contribution in [2.45, 2.75) is 18.6 Å². The molecule has 0 heterocycles. The fourth-order valence-corrected chi connectivity index (χ4v) is 2.88. The first-order valence-electron chi connectivity index (χ1n) is 6.52. The maximum atomic E-state index is 10.7. The number of nitro benzene ring substituents is 1. The van der Waals surface area contributed by atoms with Gasteiger partial charge in [-0.25, -0.2) is 0 Å². The molecular weight excluding hydrogens is 292 g/mol. The Morgan fingerprint density at radius 2 is 2.05 bits per heavy atom. The Balaban J connectivity index is 1.89. The zero-order valence-corrected chi connectivity index (χ0v) is 11.7. The van der Waals surface area contributed by atoms with Crippen LogP contribution < -0.4 is 5.32 Å². The van der Waals surface area contributed by atoms with Crippen molar-refractivity contribution in [1.29, 1.82) is 0 Å². The third-order valence-electron chi connectivity index (χ3n) is 3.68. The van der Waals surface area contributed by atoms with E-state index < -0.39 is 11.0 Å². The minimum absolute atomic E-state index is 0.0575. The van der Waals surface area contributed by atoms with Crippen LogP contribution in [0.3, 0.4) is 0 Å². The van der Waals surface area contributed by atoms with E-state index in [1.807, 2.05) is 24.3 Å². The molecule has 0 spiro atoms. The van der Waals surface area contributed by atoms with Crippen molar-refractivity contribution < 1.29 is 10.0 Å². The van der Waals surface area contributed by atoms with Gasteiger partial charge in [0, 0.05) is 18.6 Å². The number of benzene rings is 2. The van der Waals surface area contributed by atoms with Crippen LogP contribution in [0, 0.1) is 10.1 Å². The summed E-state index contributed by atoms with van der Waals surface area (Å²) in [5.74, 6) is 0. The van der Waals surface area contributed by atoms with E-state index >= 15 is 0 Å². The van der Waals surface area contributed by atoms with Crippen LogP contribution >= 0.6 is 11.6 Å². The van der Waals surface area contributed by atoms with Crippen molar-refractivity contribution in [3.63, 3.8) is 0 Å². The number of aliphatic hydroxyl groups excluding tert-OH is 1. The van der Waals surface area contributed by atoms with Gasteiger partial charge in [-0.05, 0) is 17.2 Å². The van der Waals surface area contributed by atoms with Gasteiger partial charge in [-0.3, -0.25) is 10.1 Å². The second kappa shape index (κ2) is 5.35. The fraction of sp³-hybridized carbons (Fsp3) is 0.200. The Kier molecular flexibility index (Phi) is 3.53. The van der Waals surface area contributed by atoms with Gasteiger partial charge < -0.3 is 10.4 Å². The van der Waals surface area contributed by atoms with Crippen LogP contribution in [0.5, 0.6) is 0 Å². The SMILES string of the molecule is O=[N+]([O-])c1ccc(N[C@H]2c3ccccc3C[C@H]2O)c(Cl)c1. The summed E-state index contributed by atoms with van der Waals surface area (Å²) < 4.78 is 0. The summed E-state index contributed by atoms with van der Waals surface area (Å²) >= 11 is 6.08. The van der Waals surface area contributed by atoms with Crippen molar-refractivity contribution in [2.24, 2.45) is 0 Å². The van der Waals surface area contributed by atoms with Gasteiger partial charge in [0.2, 0.25) is 0 Å². The zero-order valence-electron chi connectivity index (χ0n) is 11.0. The van der Waals surface area contributed by atoms with Gasteiger partial charge in [-0.15, -0.1) is 0 Å². The Bertz CT molecular complexity index is 705. The predicted molar refractivity (Wildman–Crippen MR) is 80.6 cm³/mol. The maximum Gasteiger partial charge on any atom is 0.271 e. The molecular formula is C15H13ClN2O3. The lowest BCUT2D eigenvalue weighted by Gasteiger charge is -2.20. The minimum Gasteiger partial charge on any atom is -0.390 e. The number of hydrogen-bond donors (Lipinski definition) is 2. The van der Waals surface area contributed by atoms with Gasteiger partial charge in [-0.2, -0.15) is 0 Å². The van der Waals surface area contributed by atoms with E-state index in [-0.39, 0.29) is 16.8 Å². The number of rotatable bonds is 3. The number of fused-ring (bicyclic) bond motifs is 1. The highest BCUT2D eigenvalue weighted by atomic mass is 35.5. The molecule has 0 saturated heterocycles. The van der Waals surface area contributed by atoms with E-state index in [2.05, 4.69) is 5.32 Å². The lowest BCUT2D eigenvalue weighted by molar-refractivity contribution is -0.384. The number of anilines is 1. The Morgan fingerprint density at radius 3 is 2.76 bits per heavy atom. The maximum absolute atomic E-state index is 10.7. The first-order chi connectivity index (χ1) is 10.1. The number of nitro groups is 1. The van der Waals surface area contributed by atoms with E-state index in [0.29, 0.717) is 12.1 Å². The fourth-order valence-electron chi connectivity index (χ4n) is 2.65. The van der Waals surface area contributed by atoms with Crippen LogP contribution in [0.1, 0.15) is 17.2 Å². The largest absolute Gasteiger partial charge is 0.390 e. The van der Waals surface area contributed by atoms with Crippen LogP contribution in [0.4, 0.5) is 11.4 Å². The summed E-state index contributed by atoms with van der Waals surface area (Å²) in [5, 5.41) is 24.3. The molecule has 2 atom stereocenters. The molecule has 0 unspecified atom stereocenters. The zero-order chi connectivity index (χ0) is 15.0. The smallest absolute Gasteiger partial charge is 0.271 e. The number of halogens is 1. The molecule has 1 aliphatic carbocycles. The number of aliphatic hydroxyl groups is 1. The quantitative estimate of drug-likeness (QED) is 0.674. The summed E-state index contributed by atoms with van der Waals surface area (Å²) in [6, 6.07) is 11.8. The summed E-state index contributed by atoms with van der Waals surface area (Å²) in [6.07, 6.45) is 0.0342. The first-order valence-corrected chi connectivity index (χ1v) is 6.90. The third kappa shape index (κ3) is 2.57. The van der Waals surface area contributed by atoms with Crippen LogP contribution in [0.15, 0.2) is 42.5 Å². The normalized spacial score (nSPS) is 20.1. The summed E-state index contributed by atoms with van der Waals surface area (Å²) in [4.78, 5) is 10.2. The highest BCUT2D eigenvalue weighted by Gasteiger charge is 2.31. The average molecular weight is 305 g/mol. The van der Waals surface area contributed by atoms with Gasteiger partial charge in [0.25, 0.3) is 5.69 Å². The second-order valence-corrected chi connectivity index (χ2v) is 5.42. The summed E-state index contributed by atoms with van der Waals surface area (Å²) in [6.45, 7) is 0. The molecule has 21 heavy (non-hydrogen) atoms. The molecule has 6 heteroatoms. The molecule has 2 N–H and O–H groups in total. The van der Waals surface area contributed by atoms with E-state index in [1.54, 1.807) is 6.07 Å². The molecule has 5 nitrogen and oxygen atoms in total. The molecule has 0 saturated carbocycles. The number of non-ortho nitro benzene ring substituents is 1. The Labute approximate surface area is 126 Å². The molecule has 0 aromatic heterocycles. The van der Waals surface area contributed by atoms with E-state index in [9.17, 15) is 15.2 Å². The topological polar surface area (TPSA) is 75.4 Å². The summed E-state index contributed by atoms with van der Waals surface area (Å²) in [5.41, 5.74) is 2.64. The predicted octanol–water partition coefficient (Wildman–Crippen LogP) is 3.32. The van der Waals surface area contributed by atoms with E-state index in [1.165, 1.54) is 12.1 Å². The Hall–Kier alpha value is -2.11. The van der Waals surface area contributed by atoms with Crippen molar-refractivity contribution in [1.82, 2.24) is 0 Å². The number of nitrogens with zero attached hydrogens (tertiary/aromatic N) is 1. The van der Waals surface area contributed by atoms with Gasteiger partial charge in [-0.1, -0.05) is 35.9 Å². The van der Waals surface area contributed by atoms with Crippen LogP contribution in [0.25, 0.3) is 0 Å².